The summed E-state index contributed by atoms with van der Waals surface area (Å²) in [5, 5.41) is 9.28. The van der Waals surface area contributed by atoms with Gasteiger partial charge in [-0.25, -0.2) is 0 Å². The third-order valence-corrected chi connectivity index (χ3v) is 4.86. The molecule has 25 heavy (non-hydrogen) atoms. The van der Waals surface area contributed by atoms with Gasteiger partial charge >= 0.3 is 0 Å². The third-order valence-electron chi connectivity index (χ3n) is 4.86. The highest BCUT2D eigenvalue weighted by molar-refractivity contribution is 5.70. The van der Waals surface area contributed by atoms with E-state index < -0.39 is 0 Å². The van der Waals surface area contributed by atoms with E-state index in [-0.39, 0.29) is 11.1 Å². The highest BCUT2D eigenvalue weighted by atomic mass is 16.1. The summed E-state index contributed by atoms with van der Waals surface area (Å²) in [5.41, 5.74) is 3.48. The molecule has 2 aromatic rings. The van der Waals surface area contributed by atoms with Crippen molar-refractivity contribution >= 4 is 0 Å². The Bertz CT molecular complexity index is 824. The molecule has 0 bridgehead atoms. The van der Waals surface area contributed by atoms with Gasteiger partial charge in [0.2, 0.25) is 0 Å². The zero-order valence-corrected chi connectivity index (χ0v) is 14.9. The zero-order chi connectivity index (χ0) is 17.8. The second-order valence-electron chi connectivity index (χ2n) is 6.59. The first-order valence-electron chi connectivity index (χ1n) is 8.78. The number of hydrogen-bond donors (Lipinski definition) is 1. The van der Waals surface area contributed by atoms with Crippen molar-refractivity contribution in [1.82, 2.24) is 14.8 Å². The standard InChI is InChI=1S/C20H24N4O/c1-3-23-8-10-24(11-9-23)14-16-4-6-17(7-5-16)18-12-15(2)22-20(25)19(18)13-21/h4-7,12H,3,8-11,14H2,1-2H3,(H,22,25). The topological polar surface area (TPSA) is 63.1 Å². The summed E-state index contributed by atoms with van der Waals surface area (Å²) in [6.07, 6.45) is 0. The molecule has 5 heteroatoms. The molecule has 0 radical (unpaired) electrons. The molecule has 0 atom stereocenters. The third kappa shape index (κ3) is 3.98. The lowest BCUT2D eigenvalue weighted by Gasteiger charge is -2.34. The van der Waals surface area contributed by atoms with Gasteiger partial charge in [0.1, 0.15) is 11.6 Å². The molecule has 2 heterocycles. The van der Waals surface area contributed by atoms with Gasteiger partial charge in [0.25, 0.3) is 5.56 Å². The van der Waals surface area contributed by atoms with Crippen LogP contribution in [0.4, 0.5) is 0 Å². The fourth-order valence-electron chi connectivity index (χ4n) is 3.34. The molecule has 1 aliphatic rings. The van der Waals surface area contributed by atoms with Crippen LogP contribution in [-0.4, -0.2) is 47.5 Å². The largest absolute Gasteiger partial charge is 0.325 e. The van der Waals surface area contributed by atoms with Crippen molar-refractivity contribution in [1.29, 1.82) is 5.26 Å². The molecule has 5 nitrogen and oxygen atoms in total. The maximum Gasteiger partial charge on any atom is 0.266 e. The van der Waals surface area contributed by atoms with Crippen LogP contribution in [-0.2, 0) is 6.54 Å². The Morgan fingerprint density at radius 1 is 1.12 bits per heavy atom. The molecule has 0 unspecified atom stereocenters. The van der Waals surface area contributed by atoms with Crippen molar-refractivity contribution in [3.8, 4) is 17.2 Å². The fraction of sp³-hybridized carbons (Fsp3) is 0.400. The van der Waals surface area contributed by atoms with Crippen molar-refractivity contribution in [2.75, 3.05) is 32.7 Å². The molecule has 0 aliphatic carbocycles. The van der Waals surface area contributed by atoms with Crippen LogP contribution in [0.25, 0.3) is 11.1 Å². The van der Waals surface area contributed by atoms with E-state index in [1.807, 2.05) is 31.2 Å². The molecule has 0 amide bonds. The van der Waals surface area contributed by atoms with E-state index in [9.17, 15) is 10.1 Å². The van der Waals surface area contributed by atoms with Crippen molar-refractivity contribution in [3.05, 3.63) is 57.5 Å². The minimum atomic E-state index is -0.324. The summed E-state index contributed by atoms with van der Waals surface area (Å²) in [5.74, 6) is 0. The number of H-pyrrole nitrogens is 1. The predicted molar refractivity (Wildman–Crippen MR) is 99.3 cm³/mol. The van der Waals surface area contributed by atoms with Gasteiger partial charge in [-0.15, -0.1) is 0 Å². The normalized spacial score (nSPS) is 15.9. The maximum absolute atomic E-state index is 12.0. The number of aryl methyl sites for hydroxylation is 1. The molecule has 1 aliphatic heterocycles. The van der Waals surface area contributed by atoms with Crippen LogP contribution < -0.4 is 5.56 Å². The smallest absolute Gasteiger partial charge is 0.266 e. The molecule has 1 fully saturated rings. The average Bonchev–Trinajstić information content (AvgIpc) is 2.62. The number of piperazine rings is 1. The molecule has 1 N–H and O–H groups in total. The molecule has 1 aromatic carbocycles. The average molecular weight is 336 g/mol. The zero-order valence-electron chi connectivity index (χ0n) is 14.9. The maximum atomic E-state index is 12.0. The van der Waals surface area contributed by atoms with Gasteiger partial charge in [-0.1, -0.05) is 31.2 Å². The lowest BCUT2D eigenvalue weighted by molar-refractivity contribution is 0.132. The van der Waals surface area contributed by atoms with E-state index in [1.54, 1.807) is 0 Å². The highest BCUT2D eigenvalue weighted by Crippen LogP contribution is 2.23. The van der Waals surface area contributed by atoms with Crippen LogP contribution >= 0.6 is 0 Å². The minimum absolute atomic E-state index is 0.175. The molecule has 0 spiro atoms. The van der Waals surface area contributed by atoms with Crippen molar-refractivity contribution < 1.29 is 0 Å². The first-order chi connectivity index (χ1) is 12.1. The van der Waals surface area contributed by atoms with Crippen molar-refractivity contribution in [2.45, 2.75) is 20.4 Å². The minimum Gasteiger partial charge on any atom is -0.325 e. The Balaban J connectivity index is 1.75. The molecule has 130 valence electrons. The fourth-order valence-corrected chi connectivity index (χ4v) is 3.34. The molecule has 1 saturated heterocycles. The number of likely N-dealkylation sites (N-methyl/N-ethyl adjacent to an activating group) is 1. The summed E-state index contributed by atoms with van der Waals surface area (Å²) < 4.78 is 0. The van der Waals surface area contributed by atoms with Crippen LogP contribution in [0.1, 0.15) is 23.7 Å². The summed E-state index contributed by atoms with van der Waals surface area (Å²) in [6.45, 7) is 10.6. The van der Waals surface area contributed by atoms with E-state index in [1.165, 1.54) is 5.56 Å². The predicted octanol–water partition coefficient (Wildman–Crippen LogP) is 2.36. The van der Waals surface area contributed by atoms with Crippen LogP contribution in [0.2, 0.25) is 0 Å². The summed E-state index contributed by atoms with van der Waals surface area (Å²) in [7, 11) is 0. The molecule has 1 aromatic heterocycles. The lowest BCUT2D eigenvalue weighted by Crippen LogP contribution is -2.45. The Labute approximate surface area is 148 Å². The number of pyridine rings is 1. The van der Waals surface area contributed by atoms with Crippen molar-refractivity contribution in [3.63, 3.8) is 0 Å². The number of nitrogens with one attached hydrogen (secondary N) is 1. The van der Waals surface area contributed by atoms with E-state index in [0.717, 1.165) is 50.5 Å². The molecular formula is C20H24N4O. The second-order valence-corrected chi connectivity index (χ2v) is 6.59. The quantitative estimate of drug-likeness (QED) is 0.931. The van der Waals surface area contributed by atoms with Crippen LogP contribution in [0.15, 0.2) is 35.1 Å². The number of benzene rings is 1. The lowest BCUT2D eigenvalue weighted by atomic mass is 10.00. The Hall–Kier alpha value is -2.42. The Morgan fingerprint density at radius 3 is 2.36 bits per heavy atom. The number of nitriles is 1. The number of nitrogens with zero attached hydrogens (tertiary/aromatic N) is 3. The molecule has 0 saturated carbocycles. The van der Waals surface area contributed by atoms with Crippen LogP contribution in [0.5, 0.6) is 0 Å². The van der Waals surface area contributed by atoms with Gasteiger partial charge in [0.05, 0.1) is 0 Å². The van der Waals surface area contributed by atoms with E-state index in [4.69, 9.17) is 0 Å². The SMILES string of the molecule is CCN1CCN(Cc2ccc(-c3cc(C)[nH]c(=O)c3C#N)cc2)CC1. The highest BCUT2D eigenvalue weighted by Gasteiger charge is 2.16. The monoisotopic (exact) mass is 336 g/mol. The van der Waals surface area contributed by atoms with Gasteiger partial charge in [-0.3, -0.25) is 9.69 Å². The van der Waals surface area contributed by atoms with E-state index in [0.29, 0.717) is 5.56 Å². The number of rotatable bonds is 4. The van der Waals surface area contributed by atoms with E-state index >= 15 is 0 Å². The van der Waals surface area contributed by atoms with Gasteiger partial charge in [-0.05, 0) is 30.7 Å². The Morgan fingerprint density at radius 2 is 1.76 bits per heavy atom. The van der Waals surface area contributed by atoms with Crippen LogP contribution in [0.3, 0.4) is 0 Å². The number of aromatic nitrogens is 1. The summed E-state index contributed by atoms with van der Waals surface area (Å²) in [6, 6.07) is 12.1. The van der Waals surface area contributed by atoms with Gasteiger partial charge in [-0.2, -0.15) is 5.26 Å². The molecular weight excluding hydrogens is 312 g/mol. The molecule has 3 rings (SSSR count). The van der Waals surface area contributed by atoms with Crippen molar-refractivity contribution in [2.24, 2.45) is 0 Å². The first-order valence-corrected chi connectivity index (χ1v) is 8.78. The van der Waals surface area contributed by atoms with Crippen LogP contribution in [0, 0.1) is 18.3 Å². The van der Waals surface area contributed by atoms with Gasteiger partial charge in [0, 0.05) is 44.0 Å². The number of aromatic amines is 1. The summed E-state index contributed by atoms with van der Waals surface area (Å²) >= 11 is 0. The summed E-state index contributed by atoms with van der Waals surface area (Å²) in [4.78, 5) is 19.6. The van der Waals surface area contributed by atoms with Gasteiger partial charge in [0.15, 0.2) is 0 Å². The second kappa shape index (κ2) is 7.64. The van der Waals surface area contributed by atoms with E-state index in [2.05, 4.69) is 33.8 Å². The first kappa shape index (κ1) is 17.4. The number of hydrogen-bond acceptors (Lipinski definition) is 4. The van der Waals surface area contributed by atoms with Gasteiger partial charge < -0.3 is 9.88 Å². The Kier molecular flexibility index (Phi) is 5.32.